The molecule has 0 aliphatic carbocycles. The molecule has 0 saturated carbocycles. The fourth-order valence-corrected chi connectivity index (χ4v) is 2.69. The van der Waals surface area contributed by atoms with Crippen LogP contribution in [0.2, 0.25) is 0 Å². The van der Waals surface area contributed by atoms with Crippen LogP contribution in [0.25, 0.3) is 11.1 Å². The van der Waals surface area contributed by atoms with E-state index in [1.54, 1.807) is 18.2 Å². The highest BCUT2D eigenvalue weighted by atomic mass is 16.1. The third kappa shape index (κ3) is 4.30. The molecule has 3 nitrogen and oxygen atoms in total. The summed E-state index contributed by atoms with van der Waals surface area (Å²) in [6.07, 6.45) is 0.857. The van der Waals surface area contributed by atoms with Crippen molar-refractivity contribution in [2.45, 2.75) is 40.5 Å². The summed E-state index contributed by atoms with van der Waals surface area (Å²) in [6, 6.07) is 12.6. The Balaban J connectivity index is 2.52. The van der Waals surface area contributed by atoms with Crippen molar-refractivity contribution in [3.63, 3.8) is 0 Å². The smallest absolute Gasteiger partial charge is 0.165 e. The summed E-state index contributed by atoms with van der Waals surface area (Å²) in [6.45, 7) is 7.34. The minimum absolute atomic E-state index is 0.0115. The van der Waals surface area contributed by atoms with Crippen molar-refractivity contribution in [2.24, 2.45) is 5.92 Å². The number of carbonyl (C=O) groups excluding carboxylic acids is 3. The fourth-order valence-electron chi connectivity index (χ4n) is 2.69. The van der Waals surface area contributed by atoms with Gasteiger partial charge in [-0.15, -0.1) is 0 Å². The van der Waals surface area contributed by atoms with Crippen LogP contribution in [0.4, 0.5) is 0 Å². The lowest BCUT2D eigenvalue weighted by molar-refractivity contribution is 0.0938. The second kappa shape index (κ2) is 8.02. The Morgan fingerprint density at radius 3 is 1.76 bits per heavy atom. The van der Waals surface area contributed by atoms with Crippen molar-refractivity contribution in [3.8, 4) is 11.1 Å². The number of Topliss-reactive ketones (excluding diaryl/α,β-unsaturated/α-hetero) is 3. The molecule has 0 unspecified atom stereocenters. The average molecular weight is 336 g/mol. The van der Waals surface area contributed by atoms with Gasteiger partial charge in [-0.3, -0.25) is 14.4 Å². The molecule has 25 heavy (non-hydrogen) atoms. The number of rotatable bonds is 7. The molecule has 2 aromatic carbocycles. The topological polar surface area (TPSA) is 51.2 Å². The standard InChI is InChI=1S/C22H24O3/c1-5-20(23)16-9-7-15(8-10-16)17-11-18(21(24)6-2)13-19(12-17)22(25)14(3)4/h7-14H,5-6H2,1-4H3. The molecule has 0 atom stereocenters. The first-order valence-electron chi connectivity index (χ1n) is 8.73. The fraction of sp³-hybridized carbons (Fsp3) is 0.318. The van der Waals surface area contributed by atoms with E-state index in [1.807, 2.05) is 52.0 Å². The minimum atomic E-state index is -0.135. The van der Waals surface area contributed by atoms with Crippen LogP contribution >= 0.6 is 0 Å². The van der Waals surface area contributed by atoms with Crippen LogP contribution in [-0.2, 0) is 0 Å². The molecular weight excluding hydrogens is 312 g/mol. The van der Waals surface area contributed by atoms with E-state index in [0.717, 1.165) is 11.1 Å². The Kier molecular flexibility index (Phi) is 6.02. The number of carbonyl (C=O) groups is 3. The van der Waals surface area contributed by atoms with Gasteiger partial charge in [-0.2, -0.15) is 0 Å². The van der Waals surface area contributed by atoms with Crippen LogP contribution in [0, 0.1) is 5.92 Å². The summed E-state index contributed by atoms with van der Waals surface area (Å²) in [5.74, 6) is -0.0104. The van der Waals surface area contributed by atoms with Crippen molar-refractivity contribution in [2.75, 3.05) is 0 Å². The summed E-state index contributed by atoms with van der Waals surface area (Å²) in [7, 11) is 0. The largest absolute Gasteiger partial charge is 0.294 e. The Bertz CT molecular complexity index is 799. The monoisotopic (exact) mass is 336 g/mol. The Hall–Kier alpha value is -2.55. The molecule has 2 aromatic rings. The maximum atomic E-state index is 12.4. The van der Waals surface area contributed by atoms with Crippen molar-refractivity contribution in [1.82, 2.24) is 0 Å². The zero-order valence-electron chi connectivity index (χ0n) is 15.3. The molecule has 0 radical (unpaired) electrons. The zero-order valence-corrected chi connectivity index (χ0v) is 15.3. The van der Waals surface area contributed by atoms with Gasteiger partial charge in [0.2, 0.25) is 0 Å². The minimum Gasteiger partial charge on any atom is -0.294 e. The van der Waals surface area contributed by atoms with Crippen molar-refractivity contribution >= 4 is 17.3 Å². The van der Waals surface area contributed by atoms with Gasteiger partial charge in [0.25, 0.3) is 0 Å². The zero-order chi connectivity index (χ0) is 18.6. The van der Waals surface area contributed by atoms with E-state index in [4.69, 9.17) is 0 Å². The van der Waals surface area contributed by atoms with E-state index in [-0.39, 0.29) is 23.3 Å². The molecule has 2 rings (SSSR count). The summed E-state index contributed by atoms with van der Waals surface area (Å²) in [5.41, 5.74) is 3.48. The maximum Gasteiger partial charge on any atom is 0.165 e. The molecule has 0 amide bonds. The summed E-state index contributed by atoms with van der Waals surface area (Å²) < 4.78 is 0. The second-order valence-electron chi connectivity index (χ2n) is 6.45. The quantitative estimate of drug-likeness (QED) is 0.638. The van der Waals surface area contributed by atoms with Crippen LogP contribution in [0.3, 0.4) is 0 Å². The summed E-state index contributed by atoms with van der Waals surface area (Å²) in [4.78, 5) is 36.4. The average Bonchev–Trinajstić information content (AvgIpc) is 2.65. The van der Waals surface area contributed by atoms with Crippen LogP contribution in [0.5, 0.6) is 0 Å². The number of benzene rings is 2. The van der Waals surface area contributed by atoms with Gasteiger partial charge in [0.05, 0.1) is 0 Å². The third-order valence-corrected chi connectivity index (χ3v) is 4.25. The lowest BCUT2D eigenvalue weighted by Crippen LogP contribution is -2.09. The van der Waals surface area contributed by atoms with E-state index >= 15 is 0 Å². The van der Waals surface area contributed by atoms with Gasteiger partial charge in [0.15, 0.2) is 17.3 Å². The first kappa shape index (κ1) is 18.8. The van der Waals surface area contributed by atoms with E-state index in [9.17, 15) is 14.4 Å². The first-order chi connectivity index (χ1) is 11.9. The molecule has 0 aromatic heterocycles. The highest BCUT2D eigenvalue weighted by molar-refractivity contribution is 6.03. The number of ketones is 3. The summed E-state index contributed by atoms with van der Waals surface area (Å²) >= 11 is 0. The Labute approximate surface area is 149 Å². The molecule has 0 bridgehead atoms. The van der Waals surface area contributed by atoms with Gasteiger partial charge in [-0.1, -0.05) is 52.0 Å². The summed E-state index contributed by atoms with van der Waals surface area (Å²) in [5, 5.41) is 0. The van der Waals surface area contributed by atoms with Gasteiger partial charge in [0, 0.05) is 35.4 Å². The van der Waals surface area contributed by atoms with E-state index in [1.165, 1.54) is 0 Å². The molecular formula is C22H24O3. The van der Waals surface area contributed by atoms with E-state index < -0.39 is 0 Å². The van der Waals surface area contributed by atoms with Crippen molar-refractivity contribution < 1.29 is 14.4 Å². The van der Waals surface area contributed by atoms with Crippen LogP contribution in [0.1, 0.15) is 71.6 Å². The van der Waals surface area contributed by atoms with Gasteiger partial charge < -0.3 is 0 Å². The molecule has 130 valence electrons. The maximum absolute atomic E-state index is 12.4. The molecule has 3 heteroatoms. The molecule has 0 aliphatic heterocycles. The van der Waals surface area contributed by atoms with Crippen molar-refractivity contribution in [1.29, 1.82) is 0 Å². The molecule has 0 N–H and O–H groups in total. The lowest BCUT2D eigenvalue weighted by Gasteiger charge is -2.11. The normalized spacial score (nSPS) is 10.8. The molecule has 0 fully saturated rings. The third-order valence-electron chi connectivity index (χ3n) is 4.25. The number of hydrogen-bond acceptors (Lipinski definition) is 3. The Morgan fingerprint density at radius 1 is 0.720 bits per heavy atom. The van der Waals surface area contributed by atoms with Crippen LogP contribution in [-0.4, -0.2) is 17.3 Å². The molecule has 0 spiro atoms. The molecule has 0 heterocycles. The van der Waals surface area contributed by atoms with Gasteiger partial charge >= 0.3 is 0 Å². The van der Waals surface area contributed by atoms with Gasteiger partial charge in [0.1, 0.15) is 0 Å². The predicted molar refractivity (Wildman–Crippen MR) is 100 cm³/mol. The van der Waals surface area contributed by atoms with Crippen LogP contribution in [0.15, 0.2) is 42.5 Å². The predicted octanol–water partition coefficient (Wildman–Crippen LogP) is 5.38. The van der Waals surface area contributed by atoms with E-state index in [2.05, 4.69) is 0 Å². The highest BCUT2D eigenvalue weighted by Gasteiger charge is 2.15. The number of hydrogen-bond donors (Lipinski definition) is 0. The first-order valence-corrected chi connectivity index (χ1v) is 8.73. The second-order valence-corrected chi connectivity index (χ2v) is 6.45. The van der Waals surface area contributed by atoms with Crippen molar-refractivity contribution in [3.05, 3.63) is 59.2 Å². The van der Waals surface area contributed by atoms with E-state index in [0.29, 0.717) is 29.5 Å². The molecule has 0 saturated heterocycles. The highest BCUT2D eigenvalue weighted by Crippen LogP contribution is 2.25. The Morgan fingerprint density at radius 2 is 1.24 bits per heavy atom. The lowest BCUT2D eigenvalue weighted by atomic mass is 9.92. The molecule has 0 aliphatic rings. The SMILES string of the molecule is CCC(=O)c1ccc(-c2cc(C(=O)CC)cc(C(=O)C(C)C)c2)cc1. The van der Waals surface area contributed by atoms with Gasteiger partial charge in [-0.25, -0.2) is 0 Å². The van der Waals surface area contributed by atoms with Crippen LogP contribution < -0.4 is 0 Å². The van der Waals surface area contributed by atoms with Gasteiger partial charge in [-0.05, 0) is 29.3 Å².